The van der Waals surface area contributed by atoms with E-state index in [-0.39, 0.29) is 11.9 Å². The van der Waals surface area contributed by atoms with Gasteiger partial charge in [-0.3, -0.25) is 4.79 Å². The highest BCUT2D eigenvalue weighted by molar-refractivity contribution is 5.85. The lowest BCUT2D eigenvalue weighted by atomic mass is 10.2. The molecule has 4 N–H and O–H groups in total. The average Bonchev–Trinajstić information content (AvgIpc) is 3.01. The second-order valence-electron chi connectivity index (χ2n) is 4.77. The molecule has 21 heavy (non-hydrogen) atoms. The van der Waals surface area contributed by atoms with Crippen LogP contribution in [-0.2, 0) is 16.1 Å². The van der Waals surface area contributed by atoms with Crippen molar-refractivity contribution < 1.29 is 9.53 Å². The number of carbonyl (C=O) groups excluding carboxylic acids is 1. The average molecular weight is 294 g/mol. The quantitative estimate of drug-likeness (QED) is 0.501. The number of hydrogen-bond donors (Lipinski definition) is 3. The van der Waals surface area contributed by atoms with Gasteiger partial charge in [0.05, 0.1) is 0 Å². The van der Waals surface area contributed by atoms with Gasteiger partial charge in [-0.05, 0) is 19.8 Å². The number of nitrogen functional groups attached to an aromatic ring is 1. The smallest absolute Gasteiger partial charge is 0.242 e. The third kappa shape index (κ3) is 3.59. The fourth-order valence-electron chi connectivity index (χ4n) is 2.44. The summed E-state index contributed by atoms with van der Waals surface area (Å²) in [7, 11) is 1.65. The first kappa shape index (κ1) is 15.5. The van der Waals surface area contributed by atoms with E-state index in [1.54, 1.807) is 13.1 Å². The molecule has 1 aliphatic heterocycles. The highest BCUT2D eigenvalue weighted by Gasteiger charge is 2.31. The first-order chi connectivity index (χ1) is 10.2. The lowest BCUT2D eigenvalue weighted by Gasteiger charge is -2.25. The van der Waals surface area contributed by atoms with Crippen LogP contribution < -0.4 is 21.5 Å². The van der Waals surface area contributed by atoms with Crippen LogP contribution in [0.15, 0.2) is 6.07 Å². The van der Waals surface area contributed by atoms with Gasteiger partial charge in [-0.15, -0.1) is 0 Å². The number of carbonyl (C=O) groups is 1. The van der Waals surface area contributed by atoms with Gasteiger partial charge in [-0.2, -0.15) is 0 Å². The number of hydrogen-bond acceptors (Lipinski definition) is 7. The van der Waals surface area contributed by atoms with Gasteiger partial charge in [-0.25, -0.2) is 15.8 Å². The fourth-order valence-corrected chi connectivity index (χ4v) is 2.44. The molecule has 1 fully saturated rings. The van der Waals surface area contributed by atoms with Crippen molar-refractivity contribution in [1.29, 1.82) is 0 Å². The largest absolute Gasteiger partial charge is 0.374 e. The van der Waals surface area contributed by atoms with Crippen molar-refractivity contribution in [3.63, 3.8) is 0 Å². The SMILES string of the molecule is CCOCc1nc(NN)cc(N2CCCC2C(=O)NC)n1. The van der Waals surface area contributed by atoms with Crippen molar-refractivity contribution in [2.75, 3.05) is 30.5 Å². The number of hydrazine groups is 1. The summed E-state index contributed by atoms with van der Waals surface area (Å²) >= 11 is 0. The monoisotopic (exact) mass is 294 g/mol. The minimum atomic E-state index is -0.199. The Labute approximate surface area is 124 Å². The van der Waals surface area contributed by atoms with Gasteiger partial charge in [0.1, 0.15) is 24.3 Å². The summed E-state index contributed by atoms with van der Waals surface area (Å²) in [6, 6.07) is 1.55. The molecule has 0 spiro atoms. The third-order valence-corrected chi connectivity index (χ3v) is 3.44. The van der Waals surface area contributed by atoms with Crippen molar-refractivity contribution in [2.24, 2.45) is 5.84 Å². The van der Waals surface area contributed by atoms with E-state index in [0.717, 1.165) is 19.4 Å². The van der Waals surface area contributed by atoms with Crippen LogP contribution in [0.25, 0.3) is 0 Å². The van der Waals surface area contributed by atoms with Gasteiger partial charge in [0.25, 0.3) is 0 Å². The van der Waals surface area contributed by atoms with Crippen LogP contribution in [0.2, 0.25) is 0 Å². The minimum Gasteiger partial charge on any atom is -0.374 e. The zero-order valence-electron chi connectivity index (χ0n) is 12.4. The Balaban J connectivity index is 2.26. The maximum atomic E-state index is 11.9. The van der Waals surface area contributed by atoms with Crippen molar-refractivity contribution in [2.45, 2.75) is 32.4 Å². The summed E-state index contributed by atoms with van der Waals surface area (Å²) in [4.78, 5) is 22.7. The van der Waals surface area contributed by atoms with Crippen LogP contribution in [-0.4, -0.2) is 42.1 Å². The molecule has 2 rings (SSSR count). The van der Waals surface area contributed by atoms with E-state index in [1.807, 2.05) is 11.8 Å². The molecule has 8 nitrogen and oxygen atoms in total. The van der Waals surface area contributed by atoms with Crippen LogP contribution in [0, 0.1) is 0 Å². The number of nitrogens with zero attached hydrogens (tertiary/aromatic N) is 3. The maximum Gasteiger partial charge on any atom is 0.242 e. The zero-order chi connectivity index (χ0) is 15.2. The lowest BCUT2D eigenvalue weighted by molar-refractivity contribution is -0.121. The Morgan fingerprint density at radius 3 is 3.05 bits per heavy atom. The number of nitrogens with two attached hydrogens (primary N) is 1. The number of likely N-dealkylation sites (N-methyl/N-ethyl adjacent to an activating group) is 1. The Morgan fingerprint density at radius 1 is 1.57 bits per heavy atom. The van der Waals surface area contributed by atoms with E-state index >= 15 is 0 Å². The van der Waals surface area contributed by atoms with Crippen LogP contribution in [0.5, 0.6) is 0 Å². The third-order valence-electron chi connectivity index (χ3n) is 3.44. The van der Waals surface area contributed by atoms with Crippen LogP contribution in [0.4, 0.5) is 11.6 Å². The van der Waals surface area contributed by atoms with Crippen LogP contribution >= 0.6 is 0 Å². The van der Waals surface area contributed by atoms with Gasteiger partial charge in [-0.1, -0.05) is 0 Å². The Kier molecular flexibility index (Phi) is 5.29. The predicted octanol–water partition coefficient (Wildman–Crippen LogP) is 0.0135. The Hall–Kier alpha value is -1.93. The Bertz CT molecular complexity index is 496. The zero-order valence-corrected chi connectivity index (χ0v) is 12.4. The molecule has 0 aliphatic carbocycles. The molecule has 2 heterocycles. The first-order valence-corrected chi connectivity index (χ1v) is 7.10. The van der Waals surface area contributed by atoms with Crippen molar-refractivity contribution in [1.82, 2.24) is 15.3 Å². The molecular weight excluding hydrogens is 272 g/mol. The fraction of sp³-hybridized carbons (Fsp3) is 0.615. The molecule has 0 saturated carbocycles. The number of anilines is 2. The molecule has 1 unspecified atom stereocenters. The molecule has 1 aliphatic rings. The van der Waals surface area contributed by atoms with Crippen LogP contribution in [0.1, 0.15) is 25.6 Å². The van der Waals surface area contributed by atoms with E-state index < -0.39 is 0 Å². The summed E-state index contributed by atoms with van der Waals surface area (Å²) in [5.74, 6) is 7.21. The molecule has 1 amide bonds. The predicted molar refractivity (Wildman–Crippen MR) is 79.6 cm³/mol. The van der Waals surface area contributed by atoms with Gasteiger partial charge < -0.3 is 20.4 Å². The number of nitrogens with one attached hydrogen (secondary N) is 2. The topological polar surface area (TPSA) is 105 Å². The van der Waals surface area contributed by atoms with Gasteiger partial charge in [0.2, 0.25) is 5.91 Å². The summed E-state index contributed by atoms with van der Waals surface area (Å²) in [6.07, 6.45) is 1.77. The number of ether oxygens (including phenoxy) is 1. The van der Waals surface area contributed by atoms with E-state index in [2.05, 4.69) is 20.7 Å². The molecular formula is C13H22N6O2. The summed E-state index contributed by atoms with van der Waals surface area (Å²) < 4.78 is 5.34. The maximum absolute atomic E-state index is 11.9. The molecule has 1 aromatic rings. The van der Waals surface area contributed by atoms with Crippen LogP contribution in [0.3, 0.4) is 0 Å². The van der Waals surface area contributed by atoms with Crippen molar-refractivity contribution in [3.8, 4) is 0 Å². The van der Waals surface area contributed by atoms with E-state index in [0.29, 0.717) is 30.7 Å². The van der Waals surface area contributed by atoms with Gasteiger partial charge >= 0.3 is 0 Å². The van der Waals surface area contributed by atoms with Crippen molar-refractivity contribution in [3.05, 3.63) is 11.9 Å². The molecule has 1 atom stereocenters. The summed E-state index contributed by atoms with van der Waals surface area (Å²) in [5.41, 5.74) is 2.53. The second kappa shape index (κ2) is 7.19. The lowest BCUT2D eigenvalue weighted by Crippen LogP contribution is -2.42. The minimum absolute atomic E-state index is 0.000252. The van der Waals surface area contributed by atoms with Gasteiger partial charge in [0, 0.05) is 26.3 Å². The first-order valence-electron chi connectivity index (χ1n) is 7.10. The molecule has 116 valence electrons. The highest BCUT2D eigenvalue weighted by Crippen LogP contribution is 2.25. The normalized spacial score (nSPS) is 17.9. The molecule has 0 radical (unpaired) electrons. The molecule has 1 saturated heterocycles. The Morgan fingerprint density at radius 2 is 2.38 bits per heavy atom. The summed E-state index contributed by atoms with van der Waals surface area (Å²) in [5, 5.41) is 2.70. The van der Waals surface area contributed by atoms with Crippen molar-refractivity contribution >= 4 is 17.5 Å². The standard InChI is InChI=1S/C13H22N6O2/c1-3-21-8-11-16-10(18-14)7-12(17-11)19-6-4-5-9(19)13(20)15-2/h7,9H,3-6,8,14H2,1-2H3,(H,15,20)(H,16,17,18). The second-order valence-corrected chi connectivity index (χ2v) is 4.77. The molecule has 0 bridgehead atoms. The van der Waals surface area contributed by atoms with Gasteiger partial charge in [0.15, 0.2) is 5.82 Å². The number of aromatic nitrogens is 2. The molecule has 0 aromatic carbocycles. The van der Waals surface area contributed by atoms with E-state index in [9.17, 15) is 4.79 Å². The highest BCUT2D eigenvalue weighted by atomic mass is 16.5. The summed E-state index contributed by atoms with van der Waals surface area (Å²) in [6.45, 7) is 3.60. The van der Waals surface area contributed by atoms with E-state index in [1.165, 1.54) is 0 Å². The molecule has 8 heteroatoms. The number of amides is 1. The molecule has 1 aromatic heterocycles. The number of rotatable bonds is 6. The van der Waals surface area contributed by atoms with E-state index in [4.69, 9.17) is 10.6 Å².